The smallest absolute Gasteiger partial charge is 0.412 e. The molecule has 1 aromatic rings. The van der Waals surface area contributed by atoms with Gasteiger partial charge in [-0.05, 0) is 44.5 Å². The molecule has 1 amide bonds. The number of carbonyl (C=O) groups is 1. The van der Waals surface area contributed by atoms with Crippen molar-refractivity contribution in [3.63, 3.8) is 0 Å². The molecular weight excluding hydrogens is 264 g/mol. The molecule has 110 valence electrons. The van der Waals surface area contributed by atoms with Crippen LogP contribution in [0.5, 0.6) is 5.75 Å². The molecule has 0 aromatic heterocycles. The summed E-state index contributed by atoms with van der Waals surface area (Å²) < 4.78 is 5.11. The Bertz CT molecular complexity index is 508. The van der Waals surface area contributed by atoms with Gasteiger partial charge in [0.15, 0.2) is 0 Å². The van der Waals surface area contributed by atoms with Crippen molar-refractivity contribution in [2.75, 3.05) is 11.9 Å². The van der Waals surface area contributed by atoms with Gasteiger partial charge in [-0.15, -0.1) is 0 Å². The number of ether oxygens (including phenoxy) is 1. The fraction of sp³-hybridized carbons (Fsp3) is 0.462. The summed E-state index contributed by atoms with van der Waals surface area (Å²) >= 11 is 0. The Kier molecular flexibility index (Phi) is 4.90. The number of rotatable bonds is 4. The highest BCUT2D eigenvalue weighted by molar-refractivity contribution is 5.86. The molecule has 0 atom stereocenters. The molecule has 0 heterocycles. The highest BCUT2D eigenvalue weighted by Gasteiger charge is 2.17. The Morgan fingerprint density at radius 2 is 2.10 bits per heavy atom. The highest BCUT2D eigenvalue weighted by Crippen LogP contribution is 2.22. The maximum Gasteiger partial charge on any atom is 0.412 e. The summed E-state index contributed by atoms with van der Waals surface area (Å²) in [5.74, 6) is -0.0157. The monoisotopic (exact) mass is 282 g/mol. The Morgan fingerprint density at radius 3 is 2.65 bits per heavy atom. The molecule has 7 heteroatoms. The number of amides is 1. The maximum atomic E-state index is 11.7. The fourth-order valence-corrected chi connectivity index (χ4v) is 1.53. The van der Waals surface area contributed by atoms with Gasteiger partial charge in [-0.2, -0.15) is 0 Å². The SMILES string of the molecule is CC(C)(C)OC(=O)Nc1ccc(O)cc1CC[N+](=O)[O-]. The van der Waals surface area contributed by atoms with Crippen LogP contribution in [0.2, 0.25) is 0 Å². The Labute approximate surface area is 116 Å². The number of hydrogen-bond acceptors (Lipinski definition) is 5. The third-order valence-corrected chi connectivity index (χ3v) is 2.29. The third kappa shape index (κ3) is 5.55. The van der Waals surface area contributed by atoms with Crippen LogP contribution in [-0.4, -0.2) is 28.3 Å². The number of carbonyl (C=O) groups excluding carboxylic acids is 1. The molecule has 0 saturated carbocycles. The molecule has 7 nitrogen and oxygen atoms in total. The predicted octanol–water partition coefficient (Wildman–Crippen LogP) is 2.56. The minimum atomic E-state index is -0.648. The van der Waals surface area contributed by atoms with Crippen LogP contribution in [0.3, 0.4) is 0 Å². The quantitative estimate of drug-likeness (QED) is 0.502. The van der Waals surface area contributed by atoms with Gasteiger partial charge in [-0.3, -0.25) is 15.4 Å². The van der Waals surface area contributed by atoms with Crippen molar-refractivity contribution < 1.29 is 19.6 Å². The molecule has 1 rings (SSSR count). The van der Waals surface area contributed by atoms with Crippen LogP contribution in [0.15, 0.2) is 18.2 Å². The van der Waals surface area contributed by atoms with Gasteiger partial charge >= 0.3 is 6.09 Å². The molecule has 0 aliphatic heterocycles. The van der Waals surface area contributed by atoms with Crippen LogP contribution in [0.1, 0.15) is 26.3 Å². The van der Waals surface area contributed by atoms with E-state index in [1.165, 1.54) is 18.2 Å². The highest BCUT2D eigenvalue weighted by atomic mass is 16.6. The van der Waals surface area contributed by atoms with Gasteiger partial charge in [-0.1, -0.05) is 0 Å². The first-order valence-corrected chi connectivity index (χ1v) is 6.11. The molecule has 0 radical (unpaired) electrons. The van der Waals surface area contributed by atoms with Crippen LogP contribution < -0.4 is 5.32 Å². The molecule has 0 unspecified atom stereocenters. The van der Waals surface area contributed by atoms with Gasteiger partial charge in [0.25, 0.3) is 0 Å². The lowest BCUT2D eigenvalue weighted by Gasteiger charge is -2.20. The molecule has 2 N–H and O–H groups in total. The number of phenols is 1. The summed E-state index contributed by atoms with van der Waals surface area (Å²) in [5, 5.41) is 22.3. The van der Waals surface area contributed by atoms with Crippen molar-refractivity contribution in [2.45, 2.75) is 32.8 Å². The average molecular weight is 282 g/mol. The number of benzene rings is 1. The summed E-state index contributed by atoms with van der Waals surface area (Å²) in [5.41, 5.74) is 0.230. The van der Waals surface area contributed by atoms with Gasteiger partial charge in [0, 0.05) is 17.0 Å². The first-order chi connectivity index (χ1) is 9.17. The largest absolute Gasteiger partial charge is 0.508 e. The number of nitrogens with one attached hydrogen (secondary N) is 1. The van der Waals surface area contributed by atoms with E-state index in [0.29, 0.717) is 11.3 Å². The summed E-state index contributed by atoms with van der Waals surface area (Å²) in [6.07, 6.45) is -0.544. The molecule has 0 aliphatic carbocycles. The van der Waals surface area contributed by atoms with Crippen molar-refractivity contribution >= 4 is 11.8 Å². The van der Waals surface area contributed by atoms with E-state index in [-0.39, 0.29) is 18.7 Å². The second kappa shape index (κ2) is 6.23. The first-order valence-electron chi connectivity index (χ1n) is 6.11. The molecular formula is C13H18N2O5. The third-order valence-electron chi connectivity index (χ3n) is 2.29. The molecule has 0 bridgehead atoms. The summed E-state index contributed by atoms with van der Waals surface area (Å²) in [7, 11) is 0. The van der Waals surface area contributed by atoms with Gasteiger partial charge in [-0.25, -0.2) is 4.79 Å². The van der Waals surface area contributed by atoms with E-state index in [9.17, 15) is 20.0 Å². The number of phenolic OH excluding ortho intramolecular Hbond substituents is 1. The molecule has 0 spiro atoms. The Morgan fingerprint density at radius 1 is 1.45 bits per heavy atom. The molecule has 20 heavy (non-hydrogen) atoms. The average Bonchev–Trinajstić information content (AvgIpc) is 2.26. The maximum absolute atomic E-state index is 11.7. The van der Waals surface area contributed by atoms with Crippen LogP contribution in [0.25, 0.3) is 0 Å². The zero-order chi connectivity index (χ0) is 15.3. The lowest BCUT2D eigenvalue weighted by molar-refractivity contribution is -0.479. The zero-order valence-corrected chi connectivity index (χ0v) is 11.7. The Hall–Kier alpha value is -2.31. The van der Waals surface area contributed by atoms with Gasteiger partial charge in [0.05, 0.1) is 0 Å². The minimum Gasteiger partial charge on any atom is -0.508 e. The van der Waals surface area contributed by atoms with E-state index < -0.39 is 16.6 Å². The number of nitrogens with zero attached hydrogens (tertiary/aromatic N) is 1. The van der Waals surface area contributed by atoms with Crippen LogP contribution in [-0.2, 0) is 11.2 Å². The predicted molar refractivity (Wildman–Crippen MR) is 73.5 cm³/mol. The van der Waals surface area contributed by atoms with E-state index in [2.05, 4.69) is 5.32 Å². The lowest BCUT2D eigenvalue weighted by atomic mass is 10.1. The van der Waals surface area contributed by atoms with E-state index in [1.807, 2.05) is 0 Å². The number of hydrogen-bond donors (Lipinski definition) is 2. The molecule has 0 aliphatic rings. The standard InChI is InChI=1S/C13H18N2O5/c1-13(2,3)20-12(17)14-11-5-4-10(16)8-9(11)6-7-15(18)19/h4-5,8,16H,6-7H2,1-3H3,(H,14,17). The fourth-order valence-electron chi connectivity index (χ4n) is 1.53. The Balaban J connectivity index is 2.83. The van der Waals surface area contributed by atoms with Gasteiger partial charge in [0.2, 0.25) is 6.54 Å². The summed E-state index contributed by atoms with van der Waals surface area (Å²) in [6, 6.07) is 4.26. The van der Waals surface area contributed by atoms with Crippen molar-refractivity contribution in [1.82, 2.24) is 0 Å². The summed E-state index contributed by atoms with van der Waals surface area (Å²) in [6.45, 7) is 4.91. The van der Waals surface area contributed by atoms with Gasteiger partial charge in [0.1, 0.15) is 11.4 Å². The minimum absolute atomic E-state index is 0.0157. The second-order valence-corrected chi connectivity index (χ2v) is 5.27. The van der Waals surface area contributed by atoms with Crippen LogP contribution in [0, 0.1) is 10.1 Å². The molecule has 0 saturated heterocycles. The van der Waals surface area contributed by atoms with Crippen molar-refractivity contribution in [3.05, 3.63) is 33.9 Å². The van der Waals surface area contributed by atoms with Crippen LogP contribution >= 0.6 is 0 Å². The van der Waals surface area contributed by atoms with Crippen molar-refractivity contribution in [3.8, 4) is 5.75 Å². The summed E-state index contributed by atoms with van der Waals surface area (Å²) in [4.78, 5) is 21.6. The van der Waals surface area contributed by atoms with E-state index in [0.717, 1.165) is 0 Å². The topological polar surface area (TPSA) is 102 Å². The van der Waals surface area contributed by atoms with Gasteiger partial charge < -0.3 is 9.84 Å². The van der Waals surface area contributed by atoms with Crippen LogP contribution in [0.4, 0.5) is 10.5 Å². The van der Waals surface area contributed by atoms with E-state index in [4.69, 9.17) is 4.74 Å². The number of aromatic hydroxyl groups is 1. The zero-order valence-electron chi connectivity index (χ0n) is 11.7. The van der Waals surface area contributed by atoms with Crippen molar-refractivity contribution in [1.29, 1.82) is 0 Å². The number of anilines is 1. The normalized spacial score (nSPS) is 10.9. The second-order valence-electron chi connectivity index (χ2n) is 5.27. The van der Waals surface area contributed by atoms with E-state index >= 15 is 0 Å². The van der Waals surface area contributed by atoms with E-state index in [1.54, 1.807) is 20.8 Å². The molecule has 0 fully saturated rings. The number of nitro groups is 1. The van der Waals surface area contributed by atoms with Crippen molar-refractivity contribution in [2.24, 2.45) is 0 Å². The lowest BCUT2D eigenvalue weighted by Crippen LogP contribution is -2.27. The first kappa shape index (κ1) is 15.7. The molecule has 1 aromatic carbocycles.